The van der Waals surface area contributed by atoms with Crippen molar-refractivity contribution in [2.45, 2.75) is 37.8 Å². The molecule has 0 bridgehead atoms. The van der Waals surface area contributed by atoms with Crippen LogP contribution in [0.4, 0.5) is 10.5 Å². The summed E-state index contributed by atoms with van der Waals surface area (Å²) >= 11 is 3.63. The smallest absolute Gasteiger partial charge is 0.319 e. The van der Waals surface area contributed by atoms with Gasteiger partial charge in [0.2, 0.25) is 0 Å². The summed E-state index contributed by atoms with van der Waals surface area (Å²) in [5, 5.41) is 10.9. The van der Waals surface area contributed by atoms with Gasteiger partial charge in [-0.25, -0.2) is 4.79 Å². The molecule has 0 unspecified atom stereocenters. The summed E-state index contributed by atoms with van der Waals surface area (Å²) < 4.78 is 0. The summed E-state index contributed by atoms with van der Waals surface area (Å²) in [6.07, 6.45) is 4.76. The molecular weight excluding hydrogens is 428 g/mol. The number of benzene rings is 1. The number of carbonyl (C=O) groups is 2. The fourth-order valence-corrected chi connectivity index (χ4v) is 6.06. The number of carbonyl (C=O) groups excluding carboxylic acids is 2. The minimum Gasteiger partial charge on any atom is -0.347 e. The van der Waals surface area contributed by atoms with Crippen LogP contribution in [0.25, 0.3) is 0 Å². The van der Waals surface area contributed by atoms with Gasteiger partial charge in [-0.2, -0.15) is 11.8 Å². The van der Waals surface area contributed by atoms with Gasteiger partial charge in [0.1, 0.15) is 0 Å². The van der Waals surface area contributed by atoms with E-state index in [4.69, 9.17) is 0 Å². The molecule has 2 aliphatic rings. The second-order valence-corrected chi connectivity index (χ2v) is 10.4. The topological polar surface area (TPSA) is 73.5 Å². The number of hydrogen-bond acceptors (Lipinski definition) is 5. The molecule has 4 rings (SSSR count). The van der Waals surface area contributed by atoms with E-state index in [1.165, 1.54) is 24.3 Å². The zero-order valence-electron chi connectivity index (χ0n) is 17.7. The molecule has 3 N–H and O–H groups in total. The standard InChI is InChI=1S/C23H30N4O2S2/c28-21(24-16-20-7-4-12-31-20)18-5-3-6-19(15-18)26-22(29)25-17-23(8-1-2-9-23)27-10-13-30-14-11-27/h3-7,12,15H,1-2,8-11,13-14,16-17H2,(H,24,28)(H2,25,26,29). The molecule has 1 aromatic heterocycles. The van der Waals surface area contributed by atoms with Crippen LogP contribution in [-0.4, -0.2) is 53.5 Å². The molecule has 1 aromatic carbocycles. The molecule has 31 heavy (non-hydrogen) atoms. The second-order valence-electron chi connectivity index (χ2n) is 8.18. The van der Waals surface area contributed by atoms with E-state index in [0.717, 1.165) is 30.8 Å². The highest BCUT2D eigenvalue weighted by molar-refractivity contribution is 7.99. The van der Waals surface area contributed by atoms with Crippen LogP contribution in [0.5, 0.6) is 0 Å². The Morgan fingerprint density at radius 3 is 2.58 bits per heavy atom. The zero-order chi connectivity index (χ0) is 21.5. The molecule has 8 heteroatoms. The maximum atomic E-state index is 12.6. The SMILES string of the molecule is O=C(NCC1(N2CCSCC2)CCCC1)Nc1cccc(C(=O)NCc2cccs2)c1. The summed E-state index contributed by atoms with van der Waals surface area (Å²) in [7, 11) is 0. The average molecular weight is 459 g/mol. The number of rotatable bonds is 7. The Labute approximate surface area is 192 Å². The first-order chi connectivity index (χ1) is 15.1. The number of anilines is 1. The van der Waals surface area contributed by atoms with Crippen LogP contribution < -0.4 is 16.0 Å². The largest absolute Gasteiger partial charge is 0.347 e. The number of thioether (sulfide) groups is 1. The molecule has 0 spiro atoms. The van der Waals surface area contributed by atoms with E-state index in [-0.39, 0.29) is 17.5 Å². The summed E-state index contributed by atoms with van der Waals surface area (Å²) in [4.78, 5) is 28.8. The van der Waals surface area contributed by atoms with Crippen molar-refractivity contribution in [3.8, 4) is 0 Å². The Morgan fingerprint density at radius 2 is 1.84 bits per heavy atom. The normalized spacial score (nSPS) is 18.5. The van der Waals surface area contributed by atoms with Crippen molar-refractivity contribution in [3.05, 3.63) is 52.2 Å². The average Bonchev–Trinajstić information content (AvgIpc) is 3.50. The zero-order valence-corrected chi connectivity index (χ0v) is 19.3. The third-order valence-electron chi connectivity index (χ3n) is 6.18. The van der Waals surface area contributed by atoms with E-state index in [1.54, 1.807) is 29.5 Å². The molecule has 1 aliphatic carbocycles. The van der Waals surface area contributed by atoms with Crippen molar-refractivity contribution in [3.63, 3.8) is 0 Å². The fraction of sp³-hybridized carbons (Fsp3) is 0.478. The highest BCUT2D eigenvalue weighted by Crippen LogP contribution is 2.36. The first-order valence-electron chi connectivity index (χ1n) is 10.9. The van der Waals surface area contributed by atoms with Crippen molar-refractivity contribution >= 4 is 40.7 Å². The van der Waals surface area contributed by atoms with Crippen molar-refractivity contribution in [2.75, 3.05) is 36.5 Å². The van der Waals surface area contributed by atoms with Gasteiger partial charge in [0, 0.05) is 52.8 Å². The third-order valence-corrected chi connectivity index (χ3v) is 8.00. The number of urea groups is 1. The summed E-state index contributed by atoms with van der Waals surface area (Å²) in [6.45, 7) is 3.39. The highest BCUT2D eigenvalue weighted by atomic mass is 32.2. The number of nitrogens with zero attached hydrogens (tertiary/aromatic N) is 1. The summed E-state index contributed by atoms with van der Waals surface area (Å²) in [6, 6.07) is 10.8. The van der Waals surface area contributed by atoms with Gasteiger partial charge in [-0.15, -0.1) is 11.3 Å². The van der Waals surface area contributed by atoms with E-state index in [0.29, 0.717) is 24.3 Å². The van der Waals surface area contributed by atoms with Gasteiger partial charge in [0.05, 0.1) is 6.54 Å². The van der Waals surface area contributed by atoms with Crippen LogP contribution in [0.1, 0.15) is 40.9 Å². The predicted octanol–water partition coefficient (Wildman–Crippen LogP) is 4.16. The molecule has 3 amide bonds. The third kappa shape index (κ3) is 5.81. The van der Waals surface area contributed by atoms with Crippen LogP contribution in [0, 0.1) is 0 Å². The lowest BCUT2D eigenvalue weighted by molar-refractivity contribution is 0.0951. The molecule has 6 nitrogen and oxygen atoms in total. The van der Waals surface area contributed by atoms with E-state index in [2.05, 4.69) is 20.9 Å². The van der Waals surface area contributed by atoms with Crippen LogP contribution in [0.2, 0.25) is 0 Å². The van der Waals surface area contributed by atoms with Crippen LogP contribution in [0.15, 0.2) is 41.8 Å². The van der Waals surface area contributed by atoms with E-state index < -0.39 is 0 Å². The fourth-order valence-electron chi connectivity index (χ4n) is 4.52. The van der Waals surface area contributed by atoms with Crippen molar-refractivity contribution in [2.24, 2.45) is 0 Å². The molecule has 0 atom stereocenters. The maximum Gasteiger partial charge on any atom is 0.319 e. The molecule has 1 aliphatic heterocycles. The minimum absolute atomic E-state index is 0.0991. The Kier molecular flexibility index (Phi) is 7.53. The molecule has 1 saturated heterocycles. The van der Waals surface area contributed by atoms with Gasteiger partial charge in [-0.3, -0.25) is 9.69 Å². The van der Waals surface area contributed by atoms with E-state index in [9.17, 15) is 9.59 Å². The van der Waals surface area contributed by atoms with Crippen LogP contribution in [0.3, 0.4) is 0 Å². The Hall–Kier alpha value is -2.03. The molecule has 2 heterocycles. The van der Waals surface area contributed by atoms with Gasteiger partial charge in [0.25, 0.3) is 5.91 Å². The molecular formula is C23H30N4O2S2. The summed E-state index contributed by atoms with van der Waals surface area (Å²) in [5.41, 5.74) is 1.26. The van der Waals surface area contributed by atoms with Gasteiger partial charge >= 0.3 is 6.03 Å². The van der Waals surface area contributed by atoms with Gasteiger partial charge < -0.3 is 16.0 Å². The molecule has 1 saturated carbocycles. The van der Waals surface area contributed by atoms with Gasteiger partial charge in [0.15, 0.2) is 0 Å². The maximum absolute atomic E-state index is 12.6. The lowest BCUT2D eigenvalue weighted by Crippen LogP contribution is -2.56. The lowest BCUT2D eigenvalue weighted by Gasteiger charge is -2.43. The Morgan fingerprint density at radius 1 is 1.03 bits per heavy atom. The predicted molar refractivity (Wildman–Crippen MR) is 129 cm³/mol. The summed E-state index contributed by atoms with van der Waals surface area (Å²) in [5.74, 6) is 2.20. The Balaban J connectivity index is 1.31. The van der Waals surface area contributed by atoms with E-state index in [1.807, 2.05) is 35.3 Å². The number of amides is 3. The van der Waals surface area contributed by atoms with Crippen LogP contribution in [-0.2, 0) is 6.54 Å². The molecule has 2 fully saturated rings. The van der Waals surface area contributed by atoms with Crippen molar-refractivity contribution in [1.82, 2.24) is 15.5 Å². The Bertz CT molecular complexity index is 875. The number of thiophene rings is 1. The second kappa shape index (κ2) is 10.5. The van der Waals surface area contributed by atoms with Gasteiger partial charge in [-0.1, -0.05) is 25.0 Å². The number of nitrogens with one attached hydrogen (secondary N) is 3. The quantitative estimate of drug-likeness (QED) is 0.583. The van der Waals surface area contributed by atoms with Crippen LogP contribution >= 0.6 is 23.1 Å². The molecule has 0 radical (unpaired) electrons. The number of hydrogen-bond donors (Lipinski definition) is 3. The van der Waals surface area contributed by atoms with Crippen molar-refractivity contribution < 1.29 is 9.59 Å². The lowest BCUT2D eigenvalue weighted by atomic mass is 9.94. The molecule has 166 valence electrons. The van der Waals surface area contributed by atoms with E-state index >= 15 is 0 Å². The first-order valence-corrected chi connectivity index (χ1v) is 13.0. The molecule has 2 aromatic rings. The minimum atomic E-state index is -0.214. The van der Waals surface area contributed by atoms with Gasteiger partial charge in [-0.05, 0) is 42.5 Å². The highest BCUT2D eigenvalue weighted by Gasteiger charge is 2.40. The monoisotopic (exact) mass is 458 g/mol. The van der Waals surface area contributed by atoms with Crippen molar-refractivity contribution in [1.29, 1.82) is 0 Å². The first kappa shape index (κ1) is 22.2.